The van der Waals surface area contributed by atoms with Gasteiger partial charge in [0, 0.05) is 25.6 Å². The summed E-state index contributed by atoms with van der Waals surface area (Å²) in [6, 6.07) is 6.36. The third kappa shape index (κ3) is 2.84. The van der Waals surface area contributed by atoms with Crippen LogP contribution >= 0.6 is 0 Å². The minimum absolute atomic E-state index is 0.0211. The number of rotatable bonds is 4. The minimum atomic E-state index is -0.0211. The summed E-state index contributed by atoms with van der Waals surface area (Å²) in [6.07, 6.45) is 0. The van der Waals surface area contributed by atoms with E-state index in [9.17, 15) is 0 Å². The molecule has 0 aliphatic rings. The maximum Gasteiger partial charge on any atom is 0.192 e. The van der Waals surface area contributed by atoms with Crippen LogP contribution < -0.4 is 11.1 Å². The molecule has 0 radical (unpaired) electrons. The van der Waals surface area contributed by atoms with E-state index in [2.05, 4.69) is 24.1 Å². The van der Waals surface area contributed by atoms with Gasteiger partial charge in [-0.25, -0.2) is 4.98 Å². The Hall–Kier alpha value is -1.39. The molecule has 0 fully saturated rings. The van der Waals surface area contributed by atoms with E-state index in [0.717, 1.165) is 23.2 Å². The lowest BCUT2D eigenvalue weighted by molar-refractivity contribution is 0.536. The van der Waals surface area contributed by atoms with Gasteiger partial charge in [0.05, 0.1) is 0 Å². The molecule has 0 spiro atoms. The van der Waals surface area contributed by atoms with Crippen molar-refractivity contribution in [2.45, 2.75) is 32.9 Å². The fourth-order valence-electron chi connectivity index (χ4n) is 1.77. The van der Waals surface area contributed by atoms with Gasteiger partial charge in [-0.15, -0.1) is 0 Å². The van der Waals surface area contributed by atoms with E-state index in [1.54, 1.807) is 0 Å². The second kappa shape index (κ2) is 4.85. The Labute approximate surface area is 101 Å². The maximum absolute atomic E-state index is 6.12. The van der Waals surface area contributed by atoms with Crippen molar-refractivity contribution < 1.29 is 4.42 Å². The van der Waals surface area contributed by atoms with Gasteiger partial charge in [0.25, 0.3) is 0 Å². The molecule has 0 saturated carbocycles. The molecule has 1 heterocycles. The zero-order chi connectivity index (χ0) is 12.4. The fourth-order valence-corrected chi connectivity index (χ4v) is 1.77. The smallest absolute Gasteiger partial charge is 0.192 e. The average molecular weight is 233 g/mol. The lowest BCUT2D eigenvalue weighted by Crippen LogP contribution is -2.31. The average Bonchev–Trinajstić information content (AvgIpc) is 2.64. The fraction of sp³-hybridized carbons (Fsp3) is 0.462. The minimum Gasteiger partial charge on any atom is -0.441 e. The van der Waals surface area contributed by atoms with Crippen LogP contribution in [0, 0.1) is 6.92 Å². The summed E-state index contributed by atoms with van der Waals surface area (Å²) in [5.41, 5.74) is 8.88. The van der Waals surface area contributed by atoms with Crippen LogP contribution in [0.25, 0.3) is 11.1 Å². The summed E-state index contributed by atoms with van der Waals surface area (Å²) in [4.78, 5) is 4.26. The molecule has 1 atom stereocenters. The van der Waals surface area contributed by atoms with Crippen molar-refractivity contribution in [2.24, 2.45) is 5.73 Å². The number of benzene rings is 1. The summed E-state index contributed by atoms with van der Waals surface area (Å²) in [6.45, 7) is 6.82. The van der Waals surface area contributed by atoms with Crippen molar-refractivity contribution in [3.05, 3.63) is 29.7 Å². The van der Waals surface area contributed by atoms with Crippen LogP contribution in [-0.2, 0) is 0 Å². The monoisotopic (exact) mass is 233 g/mol. The number of aryl methyl sites for hydroxylation is 1. The zero-order valence-corrected chi connectivity index (χ0v) is 10.5. The molecule has 1 aromatic heterocycles. The van der Waals surface area contributed by atoms with Gasteiger partial charge in [-0.05, 0) is 17.7 Å². The summed E-state index contributed by atoms with van der Waals surface area (Å²) in [5.74, 6) is 0.686. The Bertz CT molecular complexity index is 504. The van der Waals surface area contributed by atoms with Crippen molar-refractivity contribution >= 4 is 11.1 Å². The quantitative estimate of drug-likeness (QED) is 0.849. The van der Waals surface area contributed by atoms with Crippen LogP contribution in [0.4, 0.5) is 0 Å². The highest BCUT2D eigenvalue weighted by molar-refractivity contribution is 5.73. The second-order valence-electron chi connectivity index (χ2n) is 4.63. The number of hydrogen-bond donors (Lipinski definition) is 2. The van der Waals surface area contributed by atoms with Gasteiger partial charge >= 0.3 is 0 Å². The van der Waals surface area contributed by atoms with Crippen LogP contribution in [0.1, 0.15) is 31.3 Å². The molecule has 0 aliphatic heterocycles. The van der Waals surface area contributed by atoms with Crippen molar-refractivity contribution in [3.8, 4) is 0 Å². The van der Waals surface area contributed by atoms with Gasteiger partial charge in [-0.3, -0.25) is 0 Å². The highest BCUT2D eigenvalue weighted by Gasteiger charge is 2.09. The van der Waals surface area contributed by atoms with Gasteiger partial charge in [0.15, 0.2) is 11.5 Å². The highest BCUT2D eigenvalue weighted by atomic mass is 16.3. The lowest BCUT2D eigenvalue weighted by Gasteiger charge is -2.15. The van der Waals surface area contributed by atoms with Crippen molar-refractivity contribution in [2.75, 3.05) is 6.54 Å². The molecule has 0 amide bonds. The molecule has 2 rings (SSSR count). The number of nitrogens with two attached hydrogens (primary N) is 1. The largest absolute Gasteiger partial charge is 0.441 e. The standard InChI is InChI=1S/C13H19N3O/c1-8(2)15-7-11(14)10-4-5-12-13(6-10)17-9(3)16-12/h4-6,8,11,15H,7,14H2,1-3H3. The Balaban J connectivity index is 2.17. The van der Waals surface area contributed by atoms with E-state index in [1.807, 2.05) is 25.1 Å². The topological polar surface area (TPSA) is 64.1 Å². The normalized spacial score (nSPS) is 13.5. The van der Waals surface area contributed by atoms with E-state index in [-0.39, 0.29) is 6.04 Å². The first-order chi connectivity index (χ1) is 8.06. The predicted molar refractivity (Wildman–Crippen MR) is 68.8 cm³/mol. The van der Waals surface area contributed by atoms with Gasteiger partial charge in [0.2, 0.25) is 0 Å². The van der Waals surface area contributed by atoms with Crippen molar-refractivity contribution in [1.82, 2.24) is 10.3 Å². The molecule has 0 saturated heterocycles. The van der Waals surface area contributed by atoms with Gasteiger partial charge < -0.3 is 15.5 Å². The summed E-state index contributed by atoms with van der Waals surface area (Å²) >= 11 is 0. The van der Waals surface area contributed by atoms with E-state index in [1.165, 1.54) is 0 Å². The second-order valence-corrected chi connectivity index (χ2v) is 4.63. The maximum atomic E-state index is 6.12. The molecule has 17 heavy (non-hydrogen) atoms. The van der Waals surface area contributed by atoms with Gasteiger partial charge in [-0.1, -0.05) is 19.9 Å². The Kier molecular flexibility index (Phi) is 3.45. The van der Waals surface area contributed by atoms with Crippen LogP contribution in [0.15, 0.2) is 22.6 Å². The van der Waals surface area contributed by atoms with E-state index >= 15 is 0 Å². The Morgan fingerprint density at radius 3 is 2.88 bits per heavy atom. The molecule has 92 valence electrons. The van der Waals surface area contributed by atoms with Crippen molar-refractivity contribution in [1.29, 1.82) is 0 Å². The summed E-state index contributed by atoms with van der Waals surface area (Å²) in [7, 11) is 0. The highest BCUT2D eigenvalue weighted by Crippen LogP contribution is 2.19. The SMILES string of the molecule is Cc1nc2ccc(C(N)CNC(C)C)cc2o1. The molecule has 0 bridgehead atoms. The van der Waals surface area contributed by atoms with E-state index in [0.29, 0.717) is 11.9 Å². The number of oxazole rings is 1. The van der Waals surface area contributed by atoms with E-state index in [4.69, 9.17) is 10.2 Å². The van der Waals surface area contributed by atoms with Gasteiger partial charge in [0.1, 0.15) is 5.52 Å². The molecule has 3 N–H and O–H groups in total. The third-order valence-corrected chi connectivity index (χ3v) is 2.69. The first-order valence-electron chi connectivity index (χ1n) is 5.92. The molecule has 4 heteroatoms. The molecule has 2 aromatic rings. The summed E-state index contributed by atoms with van der Waals surface area (Å²) in [5, 5.41) is 3.33. The molecule has 0 aliphatic carbocycles. The number of nitrogens with zero attached hydrogens (tertiary/aromatic N) is 1. The summed E-state index contributed by atoms with van der Waals surface area (Å²) < 4.78 is 5.50. The number of fused-ring (bicyclic) bond motifs is 1. The first kappa shape index (κ1) is 12.1. The van der Waals surface area contributed by atoms with Crippen LogP contribution in [0.2, 0.25) is 0 Å². The number of hydrogen-bond acceptors (Lipinski definition) is 4. The zero-order valence-electron chi connectivity index (χ0n) is 10.5. The molecular formula is C13H19N3O. The molecular weight excluding hydrogens is 214 g/mol. The molecule has 4 nitrogen and oxygen atoms in total. The lowest BCUT2D eigenvalue weighted by atomic mass is 10.1. The van der Waals surface area contributed by atoms with Crippen LogP contribution in [0.3, 0.4) is 0 Å². The molecule has 1 aromatic carbocycles. The number of aromatic nitrogens is 1. The predicted octanol–water partition coefficient (Wildman–Crippen LogP) is 2.13. The Morgan fingerprint density at radius 1 is 1.41 bits per heavy atom. The van der Waals surface area contributed by atoms with Crippen molar-refractivity contribution in [3.63, 3.8) is 0 Å². The van der Waals surface area contributed by atoms with E-state index < -0.39 is 0 Å². The van der Waals surface area contributed by atoms with Gasteiger partial charge in [-0.2, -0.15) is 0 Å². The molecule has 1 unspecified atom stereocenters. The third-order valence-electron chi connectivity index (χ3n) is 2.69. The van der Waals surface area contributed by atoms with Crippen LogP contribution in [-0.4, -0.2) is 17.6 Å². The number of nitrogens with one attached hydrogen (secondary N) is 1. The first-order valence-corrected chi connectivity index (χ1v) is 5.92. The Morgan fingerprint density at radius 2 is 2.18 bits per heavy atom. The van der Waals surface area contributed by atoms with Crippen LogP contribution in [0.5, 0.6) is 0 Å².